The molecule has 0 aliphatic carbocycles. The van der Waals surface area contributed by atoms with Crippen molar-refractivity contribution in [2.24, 2.45) is 5.73 Å². The van der Waals surface area contributed by atoms with E-state index in [1.807, 2.05) is 18.2 Å². The van der Waals surface area contributed by atoms with Gasteiger partial charge >= 0.3 is 6.16 Å². The Morgan fingerprint density at radius 2 is 1.93 bits per heavy atom. The van der Waals surface area contributed by atoms with Crippen molar-refractivity contribution in [3.63, 3.8) is 0 Å². The Bertz CT molecular complexity index is 797. The van der Waals surface area contributed by atoms with Crippen molar-refractivity contribution in [3.05, 3.63) is 48.0 Å². The molecule has 2 unspecified atom stereocenters. The Balaban J connectivity index is 1.51. The Morgan fingerprint density at radius 3 is 2.59 bits per heavy atom. The average Bonchev–Trinajstić information content (AvgIpc) is 3.26. The molecule has 1 aromatic heterocycles. The number of rotatable bonds is 6. The number of benzene rings is 1. The van der Waals surface area contributed by atoms with E-state index in [2.05, 4.69) is 10.1 Å². The standard InChI is InChI=1S/C16H18N4O7/c17-13(23)14-18-8-20(19-14)15-12(22)11(21)10(27-15)7-26-16(24)25-6-9-4-2-1-3-5-9/h1-5,8,10-12,15,21-22H,6-7H2,(H2,17,23)/t10-,11?,12?,15-/m1/s1. The molecular formula is C16H18N4O7. The summed E-state index contributed by atoms with van der Waals surface area (Å²) < 4.78 is 16.4. The number of nitrogens with zero attached hydrogens (tertiary/aromatic N) is 3. The summed E-state index contributed by atoms with van der Waals surface area (Å²) in [5.74, 6) is -1.10. The SMILES string of the molecule is NC(=O)c1ncn([C@@H]2O[C@H](COC(=O)OCc3ccccc3)C(O)C2O)n1. The fourth-order valence-electron chi connectivity index (χ4n) is 2.50. The van der Waals surface area contributed by atoms with Crippen molar-refractivity contribution in [2.75, 3.05) is 6.61 Å². The van der Waals surface area contributed by atoms with Crippen molar-refractivity contribution in [1.82, 2.24) is 14.8 Å². The number of carbonyl (C=O) groups excluding carboxylic acids is 2. The van der Waals surface area contributed by atoms with E-state index in [-0.39, 0.29) is 19.0 Å². The quantitative estimate of drug-likeness (QED) is 0.555. The molecule has 1 aromatic carbocycles. The topological polar surface area (TPSA) is 159 Å². The van der Waals surface area contributed by atoms with Gasteiger partial charge in [0.15, 0.2) is 6.23 Å². The molecule has 27 heavy (non-hydrogen) atoms. The molecule has 0 radical (unpaired) electrons. The molecule has 3 rings (SSSR count). The molecular weight excluding hydrogens is 360 g/mol. The van der Waals surface area contributed by atoms with Crippen LogP contribution in [-0.4, -0.2) is 62.0 Å². The predicted octanol–water partition coefficient (Wildman–Crippen LogP) is -0.650. The van der Waals surface area contributed by atoms with Crippen LogP contribution in [0.3, 0.4) is 0 Å². The highest BCUT2D eigenvalue weighted by Gasteiger charge is 2.45. The van der Waals surface area contributed by atoms with Gasteiger partial charge in [0.2, 0.25) is 5.82 Å². The fourth-order valence-corrected chi connectivity index (χ4v) is 2.50. The summed E-state index contributed by atoms with van der Waals surface area (Å²) in [6.07, 6.45) is -4.66. The Hall–Kier alpha value is -3.02. The summed E-state index contributed by atoms with van der Waals surface area (Å²) in [5, 5.41) is 23.9. The number of primary amides is 1. The van der Waals surface area contributed by atoms with Gasteiger partial charge in [-0.15, -0.1) is 5.10 Å². The van der Waals surface area contributed by atoms with Crippen molar-refractivity contribution in [2.45, 2.75) is 31.1 Å². The highest BCUT2D eigenvalue weighted by molar-refractivity contribution is 5.88. The first-order chi connectivity index (χ1) is 13.0. The molecule has 144 valence electrons. The monoisotopic (exact) mass is 378 g/mol. The first-order valence-corrected chi connectivity index (χ1v) is 8.01. The predicted molar refractivity (Wildman–Crippen MR) is 87.0 cm³/mol. The van der Waals surface area contributed by atoms with E-state index in [4.69, 9.17) is 19.9 Å². The van der Waals surface area contributed by atoms with Crippen molar-refractivity contribution in [1.29, 1.82) is 0 Å². The van der Waals surface area contributed by atoms with E-state index in [1.165, 1.54) is 0 Å². The second-order valence-electron chi connectivity index (χ2n) is 5.79. The number of ether oxygens (including phenoxy) is 3. The van der Waals surface area contributed by atoms with Gasteiger partial charge in [-0.05, 0) is 5.56 Å². The van der Waals surface area contributed by atoms with Crippen LogP contribution in [0.5, 0.6) is 0 Å². The van der Waals surface area contributed by atoms with Crippen molar-refractivity contribution in [3.8, 4) is 0 Å². The summed E-state index contributed by atoms with van der Waals surface area (Å²) in [6.45, 7) is -0.312. The number of aromatic nitrogens is 3. The number of amides is 1. The van der Waals surface area contributed by atoms with E-state index < -0.39 is 36.6 Å². The average molecular weight is 378 g/mol. The third kappa shape index (κ3) is 4.39. The van der Waals surface area contributed by atoms with Crippen LogP contribution in [0.1, 0.15) is 22.4 Å². The molecule has 11 nitrogen and oxygen atoms in total. The number of hydrogen-bond donors (Lipinski definition) is 3. The number of hydrogen-bond acceptors (Lipinski definition) is 9. The van der Waals surface area contributed by atoms with Gasteiger partial charge < -0.3 is 30.2 Å². The minimum atomic E-state index is -1.37. The minimum absolute atomic E-state index is 0.0356. The third-order valence-corrected chi connectivity index (χ3v) is 3.89. The van der Waals surface area contributed by atoms with Crippen LogP contribution >= 0.6 is 0 Å². The van der Waals surface area contributed by atoms with Gasteiger partial charge in [-0.25, -0.2) is 14.5 Å². The van der Waals surface area contributed by atoms with Crippen LogP contribution < -0.4 is 5.73 Å². The highest BCUT2D eigenvalue weighted by atomic mass is 16.7. The maximum Gasteiger partial charge on any atom is 0.508 e. The fraction of sp³-hybridized carbons (Fsp3) is 0.375. The highest BCUT2D eigenvalue weighted by Crippen LogP contribution is 2.29. The summed E-state index contributed by atoms with van der Waals surface area (Å²) in [6, 6.07) is 9.03. The normalized spacial score (nSPS) is 24.5. The zero-order valence-electron chi connectivity index (χ0n) is 14.0. The van der Waals surface area contributed by atoms with E-state index in [1.54, 1.807) is 12.1 Å². The van der Waals surface area contributed by atoms with Gasteiger partial charge in [0.05, 0.1) is 0 Å². The number of aliphatic hydroxyl groups excluding tert-OH is 2. The Morgan fingerprint density at radius 1 is 1.19 bits per heavy atom. The third-order valence-electron chi connectivity index (χ3n) is 3.89. The molecule has 4 N–H and O–H groups in total. The molecule has 0 saturated carbocycles. The summed E-state index contributed by atoms with van der Waals surface area (Å²) in [4.78, 5) is 26.4. The summed E-state index contributed by atoms with van der Waals surface area (Å²) in [7, 11) is 0. The Labute approximate surface area is 153 Å². The second-order valence-corrected chi connectivity index (χ2v) is 5.79. The number of nitrogens with two attached hydrogens (primary N) is 1. The molecule has 0 spiro atoms. The van der Waals surface area contributed by atoms with Gasteiger partial charge in [0.25, 0.3) is 5.91 Å². The lowest BCUT2D eigenvalue weighted by atomic mass is 10.1. The van der Waals surface area contributed by atoms with E-state index in [9.17, 15) is 19.8 Å². The smallest absolute Gasteiger partial charge is 0.431 e. The van der Waals surface area contributed by atoms with E-state index in [0.717, 1.165) is 16.6 Å². The lowest BCUT2D eigenvalue weighted by Crippen LogP contribution is -2.34. The summed E-state index contributed by atoms with van der Waals surface area (Å²) in [5.41, 5.74) is 5.86. The molecule has 1 fully saturated rings. The molecule has 1 aliphatic rings. The summed E-state index contributed by atoms with van der Waals surface area (Å²) >= 11 is 0. The second kappa shape index (κ2) is 8.12. The molecule has 2 heterocycles. The zero-order valence-corrected chi connectivity index (χ0v) is 14.0. The van der Waals surface area contributed by atoms with Gasteiger partial charge in [-0.1, -0.05) is 30.3 Å². The van der Waals surface area contributed by atoms with Crippen LogP contribution in [-0.2, 0) is 20.8 Å². The van der Waals surface area contributed by atoms with Crippen LogP contribution in [0, 0.1) is 0 Å². The first-order valence-electron chi connectivity index (χ1n) is 8.01. The van der Waals surface area contributed by atoms with Crippen LogP contribution in [0.2, 0.25) is 0 Å². The molecule has 4 atom stereocenters. The molecule has 11 heteroatoms. The van der Waals surface area contributed by atoms with Gasteiger partial charge in [0.1, 0.15) is 37.9 Å². The van der Waals surface area contributed by atoms with Crippen LogP contribution in [0.4, 0.5) is 4.79 Å². The Kier molecular flexibility index (Phi) is 5.64. The maximum atomic E-state index is 11.7. The molecule has 2 aromatic rings. The van der Waals surface area contributed by atoms with E-state index >= 15 is 0 Å². The van der Waals surface area contributed by atoms with Crippen LogP contribution in [0.15, 0.2) is 36.7 Å². The van der Waals surface area contributed by atoms with E-state index in [0.29, 0.717) is 0 Å². The first kappa shape index (κ1) is 18.8. The zero-order chi connectivity index (χ0) is 19.4. The number of carbonyl (C=O) groups is 2. The van der Waals surface area contributed by atoms with Crippen molar-refractivity contribution >= 4 is 12.1 Å². The lowest BCUT2D eigenvalue weighted by molar-refractivity contribution is -0.0678. The molecule has 1 saturated heterocycles. The molecule has 1 amide bonds. The van der Waals surface area contributed by atoms with Gasteiger partial charge in [-0.2, -0.15) is 0 Å². The molecule has 1 aliphatic heterocycles. The number of aliphatic hydroxyl groups is 2. The maximum absolute atomic E-state index is 11.7. The largest absolute Gasteiger partial charge is 0.508 e. The van der Waals surface area contributed by atoms with Gasteiger partial charge in [-0.3, -0.25) is 4.79 Å². The minimum Gasteiger partial charge on any atom is -0.431 e. The van der Waals surface area contributed by atoms with Gasteiger partial charge in [0, 0.05) is 0 Å². The molecule has 0 bridgehead atoms. The van der Waals surface area contributed by atoms with Crippen LogP contribution in [0.25, 0.3) is 0 Å². The van der Waals surface area contributed by atoms with Crippen molar-refractivity contribution < 1.29 is 34.0 Å². The lowest BCUT2D eigenvalue weighted by Gasteiger charge is -2.14.